The lowest BCUT2D eigenvalue weighted by Crippen LogP contribution is -2.38. The number of fused-ring (bicyclic) bond motifs is 2. The van der Waals surface area contributed by atoms with E-state index in [0.29, 0.717) is 17.6 Å². The van der Waals surface area contributed by atoms with Gasteiger partial charge in [-0.1, -0.05) is 11.6 Å². The van der Waals surface area contributed by atoms with Crippen molar-refractivity contribution in [2.75, 3.05) is 6.61 Å². The van der Waals surface area contributed by atoms with E-state index in [-0.39, 0.29) is 11.7 Å². The predicted octanol–water partition coefficient (Wildman–Crippen LogP) is 3.98. The summed E-state index contributed by atoms with van der Waals surface area (Å²) in [5.74, 6) is 1.52. The molecule has 1 unspecified atom stereocenters. The minimum Gasteiger partial charge on any atom is -0.490 e. The molecular weight excluding hydrogens is 288 g/mol. The summed E-state index contributed by atoms with van der Waals surface area (Å²) < 4.78 is 12.0. The van der Waals surface area contributed by atoms with Gasteiger partial charge in [-0.15, -0.1) is 0 Å². The number of rotatable bonds is 2. The summed E-state index contributed by atoms with van der Waals surface area (Å²) in [4.78, 5) is 8.65. The molecule has 2 heterocycles. The van der Waals surface area contributed by atoms with Crippen LogP contribution in [0.15, 0.2) is 12.1 Å². The number of halogens is 1. The Morgan fingerprint density at radius 1 is 1.33 bits per heavy atom. The van der Waals surface area contributed by atoms with E-state index in [2.05, 4.69) is 16.9 Å². The maximum Gasteiger partial charge on any atom is 0.140 e. The van der Waals surface area contributed by atoms with Crippen molar-refractivity contribution in [1.29, 1.82) is 0 Å². The molecule has 1 aromatic heterocycles. The lowest BCUT2D eigenvalue weighted by molar-refractivity contribution is -0.132. The summed E-state index contributed by atoms with van der Waals surface area (Å²) in [6.07, 6.45) is 3.46. The number of nitrogens with zero attached hydrogens (tertiary/aromatic N) is 2. The van der Waals surface area contributed by atoms with Gasteiger partial charge in [0.25, 0.3) is 0 Å². The van der Waals surface area contributed by atoms with Crippen LogP contribution in [-0.4, -0.2) is 22.2 Å². The topological polar surface area (TPSA) is 44.2 Å². The van der Waals surface area contributed by atoms with E-state index in [1.807, 2.05) is 19.1 Å². The van der Waals surface area contributed by atoms with Crippen molar-refractivity contribution in [3.8, 4) is 5.75 Å². The maximum atomic E-state index is 6.26. The first-order valence-electron chi connectivity index (χ1n) is 7.32. The number of hydrogen-bond donors (Lipinski definition) is 0. The third kappa shape index (κ3) is 2.17. The predicted molar refractivity (Wildman–Crippen MR) is 80.9 cm³/mol. The monoisotopic (exact) mass is 304 g/mol. The number of benzene rings is 1. The standard InChI is InChI=1S/C16H17ClN2O2/c1-9-18-12-7-13-11(6-10(12)15(17)19-9)14(8-20-13)21-16(2)4-3-5-16/h6-7,14H,3-5,8H2,1-2H3. The Morgan fingerprint density at radius 3 is 2.86 bits per heavy atom. The summed E-state index contributed by atoms with van der Waals surface area (Å²) in [5, 5.41) is 1.35. The van der Waals surface area contributed by atoms with Crippen molar-refractivity contribution >= 4 is 22.5 Å². The summed E-state index contributed by atoms with van der Waals surface area (Å²) >= 11 is 6.25. The van der Waals surface area contributed by atoms with Gasteiger partial charge in [0, 0.05) is 17.0 Å². The Morgan fingerprint density at radius 2 is 2.14 bits per heavy atom. The van der Waals surface area contributed by atoms with E-state index in [0.717, 1.165) is 35.1 Å². The van der Waals surface area contributed by atoms with Gasteiger partial charge in [0.15, 0.2) is 0 Å². The maximum absolute atomic E-state index is 6.26. The van der Waals surface area contributed by atoms with Gasteiger partial charge in [0.1, 0.15) is 29.4 Å². The molecule has 21 heavy (non-hydrogen) atoms. The molecule has 1 aliphatic carbocycles. The van der Waals surface area contributed by atoms with Gasteiger partial charge in [-0.2, -0.15) is 0 Å². The van der Waals surface area contributed by atoms with Crippen molar-refractivity contribution in [3.63, 3.8) is 0 Å². The van der Waals surface area contributed by atoms with Crippen LogP contribution >= 0.6 is 11.6 Å². The van der Waals surface area contributed by atoms with Gasteiger partial charge in [0.05, 0.1) is 11.1 Å². The first kappa shape index (κ1) is 13.3. The van der Waals surface area contributed by atoms with Gasteiger partial charge in [0.2, 0.25) is 0 Å². The Kier molecular flexibility index (Phi) is 2.88. The third-order valence-corrected chi connectivity index (χ3v) is 4.76. The second-order valence-corrected chi connectivity index (χ2v) is 6.55. The minimum absolute atomic E-state index is 0.00182. The Labute approximate surface area is 128 Å². The van der Waals surface area contributed by atoms with E-state index in [4.69, 9.17) is 21.1 Å². The van der Waals surface area contributed by atoms with Crippen LogP contribution in [0, 0.1) is 6.92 Å². The second kappa shape index (κ2) is 4.55. The van der Waals surface area contributed by atoms with Crippen LogP contribution < -0.4 is 4.74 Å². The molecule has 1 atom stereocenters. The quantitative estimate of drug-likeness (QED) is 0.787. The number of aryl methyl sites for hydroxylation is 1. The highest BCUT2D eigenvalue weighted by atomic mass is 35.5. The molecule has 1 fully saturated rings. The molecule has 2 aliphatic rings. The average Bonchev–Trinajstić information content (AvgIpc) is 2.77. The highest BCUT2D eigenvalue weighted by molar-refractivity contribution is 6.34. The van der Waals surface area contributed by atoms with E-state index < -0.39 is 0 Å². The van der Waals surface area contributed by atoms with Gasteiger partial charge in [-0.3, -0.25) is 0 Å². The zero-order valence-corrected chi connectivity index (χ0v) is 12.9. The Hall–Kier alpha value is -1.39. The van der Waals surface area contributed by atoms with Crippen molar-refractivity contribution in [3.05, 3.63) is 28.7 Å². The van der Waals surface area contributed by atoms with Crippen LogP contribution in [0.25, 0.3) is 10.9 Å². The lowest BCUT2D eigenvalue weighted by Gasteiger charge is -2.40. The van der Waals surface area contributed by atoms with Crippen molar-refractivity contribution in [1.82, 2.24) is 9.97 Å². The zero-order valence-electron chi connectivity index (χ0n) is 12.1. The lowest BCUT2D eigenvalue weighted by atomic mass is 9.81. The Bertz CT molecular complexity index is 728. The second-order valence-electron chi connectivity index (χ2n) is 6.19. The highest BCUT2D eigenvalue weighted by Gasteiger charge is 2.38. The fourth-order valence-corrected chi connectivity index (χ4v) is 3.38. The van der Waals surface area contributed by atoms with Crippen molar-refractivity contribution in [2.45, 2.75) is 44.8 Å². The molecule has 0 radical (unpaired) electrons. The molecule has 4 rings (SSSR count). The fraction of sp³-hybridized carbons (Fsp3) is 0.500. The van der Waals surface area contributed by atoms with Gasteiger partial charge in [-0.05, 0) is 39.2 Å². The van der Waals surface area contributed by atoms with Crippen LogP contribution in [0.5, 0.6) is 5.75 Å². The van der Waals surface area contributed by atoms with E-state index in [1.54, 1.807) is 0 Å². The first-order valence-corrected chi connectivity index (χ1v) is 7.70. The molecule has 0 saturated heterocycles. The van der Waals surface area contributed by atoms with Gasteiger partial charge >= 0.3 is 0 Å². The molecular formula is C16H17ClN2O2. The molecule has 4 nitrogen and oxygen atoms in total. The number of ether oxygens (including phenoxy) is 2. The van der Waals surface area contributed by atoms with E-state index >= 15 is 0 Å². The van der Waals surface area contributed by atoms with Crippen LogP contribution in [0.1, 0.15) is 43.7 Å². The van der Waals surface area contributed by atoms with Crippen LogP contribution in [0.4, 0.5) is 0 Å². The normalized spacial score (nSPS) is 22.7. The molecule has 0 N–H and O–H groups in total. The molecule has 1 aromatic carbocycles. The summed E-state index contributed by atoms with van der Waals surface area (Å²) in [5.41, 5.74) is 1.88. The summed E-state index contributed by atoms with van der Waals surface area (Å²) in [7, 11) is 0. The molecule has 1 saturated carbocycles. The van der Waals surface area contributed by atoms with Crippen LogP contribution in [0.2, 0.25) is 5.15 Å². The molecule has 1 aliphatic heterocycles. The largest absolute Gasteiger partial charge is 0.490 e. The van der Waals surface area contributed by atoms with Crippen molar-refractivity contribution in [2.24, 2.45) is 0 Å². The molecule has 0 amide bonds. The molecule has 0 bridgehead atoms. The third-order valence-electron chi connectivity index (χ3n) is 4.47. The SMILES string of the molecule is Cc1nc(Cl)c2cc3c(cc2n1)OCC3OC1(C)CCC1. The Balaban J connectivity index is 1.76. The molecule has 2 aromatic rings. The minimum atomic E-state index is -0.0212. The van der Waals surface area contributed by atoms with E-state index in [1.165, 1.54) is 6.42 Å². The highest BCUT2D eigenvalue weighted by Crippen LogP contribution is 2.44. The van der Waals surface area contributed by atoms with Crippen LogP contribution in [0.3, 0.4) is 0 Å². The average molecular weight is 305 g/mol. The number of hydrogen-bond acceptors (Lipinski definition) is 4. The summed E-state index contributed by atoms with van der Waals surface area (Å²) in [6, 6.07) is 3.96. The van der Waals surface area contributed by atoms with Crippen molar-refractivity contribution < 1.29 is 9.47 Å². The molecule has 5 heteroatoms. The fourth-order valence-electron chi connectivity index (χ4n) is 3.11. The molecule has 110 valence electrons. The number of aromatic nitrogens is 2. The van der Waals surface area contributed by atoms with Crippen LogP contribution in [-0.2, 0) is 4.74 Å². The van der Waals surface area contributed by atoms with Gasteiger partial charge in [-0.25, -0.2) is 9.97 Å². The zero-order chi connectivity index (χ0) is 14.6. The van der Waals surface area contributed by atoms with Gasteiger partial charge < -0.3 is 9.47 Å². The van der Waals surface area contributed by atoms with E-state index in [9.17, 15) is 0 Å². The first-order chi connectivity index (χ1) is 10.0. The molecule has 0 spiro atoms. The smallest absolute Gasteiger partial charge is 0.140 e. The summed E-state index contributed by atoms with van der Waals surface area (Å²) in [6.45, 7) is 4.57.